The van der Waals surface area contributed by atoms with Crippen LogP contribution in [-0.2, 0) is 9.47 Å². The molecule has 0 aliphatic carbocycles. The van der Waals surface area contributed by atoms with E-state index in [9.17, 15) is 10.1 Å². The molecule has 1 aromatic heterocycles. The molecule has 0 radical (unpaired) electrons. The van der Waals surface area contributed by atoms with Gasteiger partial charge in [-0.3, -0.25) is 10.1 Å². The molecule has 1 aliphatic rings. The highest BCUT2D eigenvalue weighted by Crippen LogP contribution is 2.25. The van der Waals surface area contributed by atoms with E-state index in [1.54, 1.807) is 6.07 Å². The van der Waals surface area contributed by atoms with Crippen molar-refractivity contribution in [2.45, 2.75) is 6.10 Å². The summed E-state index contributed by atoms with van der Waals surface area (Å²) in [5.74, 6) is 0.0678. The standard InChI is InChI=1S/C11H12N4O4/c12-5-8-1-2-13-11(10(8)15(16)17)14-6-9-7-18-3-4-19-9/h1-2,9H,3-4,6-7H2,(H,13,14). The summed E-state index contributed by atoms with van der Waals surface area (Å²) in [5.41, 5.74) is -0.343. The van der Waals surface area contributed by atoms with Gasteiger partial charge in [0, 0.05) is 12.7 Å². The maximum absolute atomic E-state index is 11.0. The first kappa shape index (κ1) is 13.2. The van der Waals surface area contributed by atoms with E-state index in [2.05, 4.69) is 10.3 Å². The van der Waals surface area contributed by atoms with Crippen molar-refractivity contribution >= 4 is 11.5 Å². The maximum Gasteiger partial charge on any atom is 0.328 e. The largest absolute Gasteiger partial charge is 0.376 e. The minimum atomic E-state index is -0.619. The van der Waals surface area contributed by atoms with Crippen LogP contribution in [0.15, 0.2) is 12.3 Å². The highest BCUT2D eigenvalue weighted by molar-refractivity contribution is 5.64. The molecule has 2 rings (SSSR count). The van der Waals surface area contributed by atoms with Crippen LogP contribution >= 0.6 is 0 Å². The predicted molar refractivity (Wildman–Crippen MR) is 64.7 cm³/mol. The minimum Gasteiger partial charge on any atom is -0.376 e. The molecule has 1 aromatic rings. The third-order valence-electron chi connectivity index (χ3n) is 2.61. The van der Waals surface area contributed by atoms with Crippen LogP contribution in [0, 0.1) is 21.4 Å². The van der Waals surface area contributed by atoms with Crippen LogP contribution < -0.4 is 5.32 Å². The van der Waals surface area contributed by atoms with E-state index in [0.29, 0.717) is 26.4 Å². The van der Waals surface area contributed by atoms with Gasteiger partial charge >= 0.3 is 5.69 Å². The number of ether oxygens (including phenoxy) is 2. The number of aromatic nitrogens is 1. The second-order valence-electron chi connectivity index (χ2n) is 3.87. The molecule has 2 heterocycles. The van der Waals surface area contributed by atoms with Crippen LogP contribution in [0.5, 0.6) is 0 Å². The van der Waals surface area contributed by atoms with Crippen LogP contribution in [0.2, 0.25) is 0 Å². The first-order chi connectivity index (χ1) is 9.22. The second kappa shape index (κ2) is 6.08. The van der Waals surface area contributed by atoms with Gasteiger partial charge < -0.3 is 14.8 Å². The van der Waals surface area contributed by atoms with E-state index in [4.69, 9.17) is 14.7 Å². The van der Waals surface area contributed by atoms with E-state index in [0.717, 1.165) is 0 Å². The Morgan fingerprint density at radius 3 is 3.11 bits per heavy atom. The van der Waals surface area contributed by atoms with Gasteiger partial charge in [0.05, 0.1) is 30.8 Å². The van der Waals surface area contributed by atoms with Crippen molar-refractivity contribution in [1.29, 1.82) is 5.26 Å². The molecule has 1 unspecified atom stereocenters. The van der Waals surface area contributed by atoms with Gasteiger partial charge in [-0.15, -0.1) is 0 Å². The van der Waals surface area contributed by atoms with Crippen molar-refractivity contribution in [2.75, 3.05) is 31.7 Å². The predicted octanol–water partition coefficient (Wildman–Crippen LogP) is 0.689. The fourth-order valence-electron chi connectivity index (χ4n) is 1.72. The van der Waals surface area contributed by atoms with Gasteiger partial charge in [-0.05, 0) is 6.07 Å². The highest BCUT2D eigenvalue weighted by atomic mass is 16.6. The van der Waals surface area contributed by atoms with E-state index < -0.39 is 4.92 Å². The van der Waals surface area contributed by atoms with Gasteiger partial charge in [0.2, 0.25) is 5.82 Å². The Bertz CT molecular complexity index is 508. The zero-order valence-electron chi connectivity index (χ0n) is 10.0. The zero-order chi connectivity index (χ0) is 13.7. The average Bonchev–Trinajstić information content (AvgIpc) is 2.45. The lowest BCUT2D eigenvalue weighted by Gasteiger charge is -2.23. The van der Waals surface area contributed by atoms with Gasteiger partial charge in [-0.2, -0.15) is 5.26 Å². The third kappa shape index (κ3) is 3.15. The number of anilines is 1. The Morgan fingerprint density at radius 1 is 1.63 bits per heavy atom. The molecule has 1 atom stereocenters. The highest BCUT2D eigenvalue weighted by Gasteiger charge is 2.22. The Kier molecular flexibility index (Phi) is 4.22. The number of hydrogen-bond donors (Lipinski definition) is 1. The lowest BCUT2D eigenvalue weighted by atomic mass is 10.2. The Morgan fingerprint density at radius 2 is 2.47 bits per heavy atom. The van der Waals surface area contributed by atoms with Crippen LogP contribution in [-0.4, -0.2) is 42.4 Å². The fraction of sp³-hybridized carbons (Fsp3) is 0.455. The Labute approximate surface area is 109 Å². The SMILES string of the molecule is N#Cc1ccnc(NCC2COCCO2)c1[N+](=O)[O-]. The van der Waals surface area contributed by atoms with Gasteiger partial charge in [0.25, 0.3) is 0 Å². The molecule has 100 valence electrons. The van der Waals surface area contributed by atoms with Crippen LogP contribution in [0.4, 0.5) is 11.5 Å². The second-order valence-corrected chi connectivity index (χ2v) is 3.87. The topological polar surface area (TPSA) is 110 Å². The molecule has 1 fully saturated rings. The summed E-state index contributed by atoms with van der Waals surface area (Å²) in [4.78, 5) is 14.2. The number of nitriles is 1. The Hall–Kier alpha value is -2.24. The van der Waals surface area contributed by atoms with E-state index in [1.807, 2.05) is 0 Å². The molecule has 1 aliphatic heterocycles. The molecule has 19 heavy (non-hydrogen) atoms. The maximum atomic E-state index is 11.0. The van der Waals surface area contributed by atoms with Crippen molar-refractivity contribution < 1.29 is 14.4 Å². The lowest BCUT2D eigenvalue weighted by molar-refractivity contribution is -0.384. The molecule has 0 amide bonds. The molecule has 0 spiro atoms. The minimum absolute atomic E-state index is 0.0247. The summed E-state index contributed by atoms with van der Waals surface area (Å²) in [6.45, 7) is 1.82. The summed E-state index contributed by atoms with van der Waals surface area (Å²) in [5, 5.41) is 22.7. The molecule has 0 aromatic carbocycles. The number of pyridine rings is 1. The van der Waals surface area contributed by atoms with Crippen LogP contribution in [0.3, 0.4) is 0 Å². The van der Waals surface area contributed by atoms with Gasteiger partial charge in [0.1, 0.15) is 11.6 Å². The third-order valence-corrected chi connectivity index (χ3v) is 2.61. The van der Waals surface area contributed by atoms with Crippen molar-refractivity contribution in [3.05, 3.63) is 27.9 Å². The normalized spacial score (nSPS) is 18.6. The summed E-state index contributed by atoms with van der Waals surface area (Å²) >= 11 is 0. The number of hydrogen-bond acceptors (Lipinski definition) is 7. The molecule has 1 saturated heterocycles. The van der Waals surface area contributed by atoms with Crippen LogP contribution in [0.25, 0.3) is 0 Å². The number of nitro groups is 1. The van der Waals surface area contributed by atoms with E-state index >= 15 is 0 Å². The van der Waals surface area contributed by atoms with E-state index in [-0.39, 0.29) is 23.2 Å². The van der Waals surface area contributed by atoms with Crippen molar-refractivity contribution in [1.82, 2.24) is 4.98 Å². The zero-order valence-corrected chi connectivity index (χ0v) is 10.0. The first-order valence-electron chi connectivity index (χ1n) is 5.69. The molecule has 0 saturated carbocycles. The number of rotatable bonds is 4. The molecule has 8 heteroatoms. The monoisotopic (exact) mass is 264 g/mol. The van der Waals surface area contributed by atoms with E-state index in [1.165, 1.54) is 12.3 Å². The van der Waals surface area contributed by atoms with Crippen LogP contribution in [0.1, 0.15) is 5.56 Å². The molecule has 8 nitrogen and oxygen atoms in total. The molecule has 0 bridgehead atoms. The summed E-state index contributed by atoms with van der Waals surface area (Å²) < 4.78 is 10.6. The lowest BCUT2D eigenvalue weighted by Crippen LogP contribution is -2.34. The first-order valence-corrected chi connectivity index (χ1v) is 5.69. The van der Waals surface area contributed by atoms with Gasteiger partial charge in [-0.1, -0.05) is 0 Å². The summed E-state index contributed by atoms with van der Waals surface area (Å²) in [6.07, 6.45) is 1.17. The molecular formula is C11H12N4O4. The number of nitrogens with one attached hydrogen (secondary N) is 1. The van der Waals surface area contributed by atoms with Crippen molar-refractivity contribution in [3.8, 4) is 6.07 Å². The summed E-state index contributed by atoms with van der Waals surface area (Å²) in [7, 11) is 0. The quantitative estimate of drug-likeness (QED) is 0.629. The summed E-state index contributed by atoms with van der Waals surface area (Å²) in [6, 6.07) is 3.09. The van der Waals surface area contributed by atoms with Crippen molar-refractivity contribution in [2.24, 2.45) is 0 Å². The number of nitrogens with zero attached hydrogens (tertiary/aromatic N) is 3. The smallest absolute Gasteiger partial charge is 0.328 e. The molecular weight excluding hydrogens is 252 g/mol. The molecule has 1 N–H and O–H groups in total. The fourth-order valence-corrected chi connectivity index (χ4v) is 1.72. The average molecular weight is 264 g/mol. The Balaban J connectivity index is 2.11. The van der Waals surface area contributed by atoms with Gasteiger partial charge in [0.15, 0.2) is 0 Å². The van der Waals surface area contributed by atoms with Gasteiger partial charge in [-0.25, -0.2) is 4.98 Å². The van der Waals surface area contributed by atoms with Crippen molar-refractivity contribution in [3.63, 3.8) is 0 Å².